The Kier molecular flexibility index (Phi) is 7.25. The third kappa shape index (κ3) is 5.46. The van der Waals surface area contributed by atoms with Crippen LogP contribution in [0.2, 0.25) is 0 Å². The first-order valence-corrected chi connectivity index (χ1v) is 8.89. The Morgan fingerprint density at radius 1 is 1.12 bits per heavy atom. The van der Waals surface area contributed by atoms with E-state index in [9.17, 15) is 9.59 Å². The van der Waals surface area contributed by atoms with Crippen LogP contribution in [0.4, 0.5) is 0 Å². The highest BCUT2D eigenvalue weighted by Crippen LogP contribution is 2.14. The quantitative estimate of drug-likeness (QED) is 0.804. The molecule has 6 nitrogen and oxygen atoms in total. The molecule has 6 heteroatoms. The second-order valence-electron chi connectivity index (χ2n) is 6.51. The van der Waals surface area contributed by atoms with E-state index in [4.69, 9.17) is 4.74 Å². The smallest absolute Gasteiger partial charge is 0.226 e. The number of piperazine rings is 1. The standard InChI is InChI=1S/C19H29N3O3/c1-15(14-20-2)19(24)22-12-10-21(11-13-22)18(23)9-6-16-4-7-17(25-3)8-5-16/h4-5,7-8,15,20H,6,9-14H2,1-3H3. The minimum absolute atomic E-state index is 0.0256. The van der Waals surface area contributed by atoms with Gasteiger partial charge in [0.2, 0.25) is 11.8 Å². The largest absolute Gasteiger partial charge is 0.497 e. The molecule has 0 radical (unpaired) electrons. The molecular formula is C19H29N3O3. The van der Waals surface area contributed by atoms with Crippen LogP contribution in [0.15, 0.2) is 24.3 Å². The summed E-state index contributed by atoms with van der Waals surface area (Å²) in [5.41, 5.74) is 1.13. The third-order valence-electron chi connectivity index (χ3n) is 4.66. The van der Waals surface area contributed by atoms with Crippen molar-refractivity contribution in [1.82, 2.24) is 15.1 Å². The molecule has 138 valence electrons. The van der Waals surface area contributed by atoms with Gasteiger partial charge in [0.1, 0.15) is 5.75 Å². The Labute approximate surface area is 150 Å². The lowest BCUT2D eigenvalue weighted by Gasteiger charge is -2.36. The maximum atomic E-state index is 12.4. The molecule has 0 spiro atoms. The van der Waals surface area contributed by atoms with Crippen molar-refractivity contribution in [2.45, 2.75) is 19.8 Å². The average Bonchev–Trinajstić information content (AvgIpc) is 2.66. The van der Waals surface area contributed by atoms with Gasteiger partial charge >= 0.3 is 0 Å². The number of amides is 2. The van der Waals surface area contributed by atoms with Crippen LogP contribution in [0.5, 0.6) is 5.75 Å². The molecule has 1 aliphatic rings. The van der Waals surface area contributed by atoms with E-state index in [1.165, 1.54) is 0 Å². The fraction of sp³-hybridized carbons (Fsp3) is 0.579. The van der Waals surface area contributed by atoms with Crippen molar-refractivity contribution in [2.75, 3.05) is 46.9 Å². The zero-order valence-electron chi connectivity index (χ0n) is 15.5. The van der Waals surface area contributed by atoms with E-state index in [0.717, 1.165) is 17.7 Å². The zero-order chi connectivity index (χ0) is 18.2. The molecule has 1 aliphatic heterocycles. The van der Waals surface area contributed by atoms with E-state index < -0.39 is 0 Å². The van der Waals surface area contributed by atoms with E-state index in [2.05, 4.69) is 5.32 Å². The van der Waals surface area contributed by atoms with Gasteiger partial charge in [-0.3, -0.25) is 9.59 Å². The SMILES string of the molecule is CNCC(C)C(=O)N1CCN(C(=O)CCc2ccc(OC)cc2)CC1. The van der Waals surface area contributed by atoms with Gasteiger partial charge in [-0.15, -0.1) is 0 Å². The maximum absolute atomic E-state index is 12.4. The minimum atomic E-state index is -0.0256. The van der Waals surface area contributed by atoms with Crippen LogP contribution in [-0.4, -0.2) is 68.5 Å². The van der Waals surface area contributed by atoms with Gasteiger partial charge in [-0.1, -0.05) is 19.1 Å². The van der Waals surface area contributed by atoms with Gasteiger partial charge in [-0.25, -0.2) is 0 Å². The van der Waals surface area contributed by atoms with E-state index in [1.54, 1.807) is 7.11 Å². The Balaban J connectivity index is 1.76. The number of hydrogen-bond donors (Lipinski definition) is 1. The van der Waals surface area contributed by atoms with Gasteiger partial charge in [0.15, 0.2) is 0 Å². The molecule has 25 heavy (non-hydrogen) atoms. The molecule has 1 saturated heterocycles. The molecule has 2 amide bonds. The first kappa shape index (κ1) is 19.2. The molecule has 1 unspecified atom stereocenters. The van der Waals surface area contributed by atoms with E-state index in [-0.39, 0.29) is 17.7 Å². The lowest BCUT2D eigenvalue weighted by molar-refractivity contribution is -0.141. The van der Waals surface area contributed by atoms with Crippen molar-refractivity contribution < 1.29 is 14.3 Å². The molecule has 1 heterocycles. The Morgan fingerprint density at radius 3 is 2.28 bits per heavy atom. The van der Waals surface area contributed by atoms with Crippen molar-refractivity contribution in [3.05, 3.63) is 29.8 Å². The van der Waals surface area contributed by atoms with E-state index in [0.29, 0.717) is 39.1 Å². The molecule has 1 fully saturated rings. The van der Waals surface area contributed by atoms with Crippen molar-refractivity contribution in [2.24, 2.45) is 5.92 Å². The molecule has 1 aromatic rings. The summed E-state index contributed by atoms with van der Waals surface area (Å²) in [6, 6.07) is 7.81. The molecule has 2 rings (SSSR count). The number of carbonyl (C=O) groups is 2. The zero-order valence-corrected chi connectivity index (χ0v) is 15.5. The first-order valence-electron chi connectivity index (χ1n) is 8.89. The fourth-order valence-corrected chi connectivity index (χ4v) is 3.08. The number of carbonyl (C=O) groups excluding carboxylic acids is 2. The van der Waals surface area contributed by atoms with Gasteiger partial charge in [-0.05, 0) is 31.2 Å². The number of rotatable bonds is 7. The number of aryl methyl sites for hydroxylation is 1. The molecule has 1 N–H and O–H groups in total. The van der Waals surface area contributed by atoms with Crippen LogP contribution < -0.4 is 10.1 Å². The summed E-state index contributed by atoms with van der Waals surface area (Å²) in [5, 5.41) is 3.03. The van der Waals surface area contributed by atoms with Gasteiger partial charge in [0.25, 0.3) is 0 Å². The number of nitrogens with one attached hydrogen (secondary N) is 1. The Morgan fingerprint density at radius 2 is 1.72 bits per heavy atom. The molecule has 0 saturated carbocycles. The summed E-state index contributed by atoms with van der Waals surface area (Å²) < 4.78 is 5.14. The van der Waals surface area contributed by atoms with Crippen molar-refractivity contribution in [1.29, 1.82) is 0 Å². The normalized spacial score (nSPS) is 15.8. The highest BCUT2D eigenvalue weighted by molar-refractivity contribution is 5.80. The second kappa shape index (κ2) is 9.42. The molecule has 0 aromatic heterocycles. The Bertz CT molecular complexity index is 566. The molecular weight excluding hydrogens is 318 g/mol. The summed E-state index contributed by atoms with van der Waals surface area (Å²) in [7, 11) is 3.49. The van der Waals surface area contributed by atoms with Crippen LogP contribution in [0.3, 0.4) is 0 Å². The Hall–Kier alpha value is -2.08. The lowest BCUT2D eigenvalue weighted by atomic mass is 10.1. The second-order valence-corrected chi connectivity index (χ2v) is 6.51. The first-order chi connectivity index (χ1) is 12.0. The number of nitrogens with zero attached hydrogens (tertiary/aromatic N) is 2. The maximum Gasteiger partial charge on any atom is 0.226 e. The number of methoxy groups -OCH3 is 1. The van der Waals surface area contributed by atoms with E-state index >= 15 is 0 Å². The van der Waals surface area contributed by atoms with Crippen molar-refractivity contribution >= 4 is 11.8 Å². The van der Waals surface area contributed by atoms with Crippen LogP contribution in [-0.2, 0) is 16.0 Å². The summed E-state index contributed by atoms with van der Waals surface area (Å²) in [5.74, 6) is 1.12. The molecule has 0 aliphatic carbocycles. The van der Waals surface area contributed by atoms with E-state index in [1.807, 2.05) is 48.0 Å². The number of hydrogen-bond acceptors (Lipinski definition) is 4. The number of benzene rings is 1. The van der Waals surface area contributed by atoms with Gasteiger partial charge in [-0.2, -0.15) is 0 Å². The third-order valence-corrected chi connectivity index (χ3v) is 4.66. The summed E-state index contributed by atoms with van der Waals surface area (Å²) in [6.45, 7) is 5.12. The van der Waals surface area contributed by atoms with Crippen molar-refractivity contribution in [3.63, 3.8) is 0 Å². The number of ether oxygens (including phenoxy) is 1. The monoisotopic (exact) mass is 347 g/mol. The topological polar surface area (TPSA) is 61.9 Å². The van der Waals surface area contributed by atoms with Crippen LogP contribution in [0.25, 0.3) is 0 Å². The minimum Gasteiger partial charge on any atom is -0.497 e. The highest BCUT2D eigenvalue weighted by Gasteiger charge is 2.26. The van der Waals surface area contributed by atoms with Crippen LogP contribution >= 0.6 is 0 Å². The van der Waals surface area contributed by atoms with Gasteiger partial charge in [0.05, 0.1) is 7.11 Å². The predicted molar refractivity (Wildman–Crippen MR) is 97.6 cm³/mol. The molecule has 1 aromatic carbocycles. The van der Waals surface area contributed by atoms with Crippen LogP contribution in [0, 0.1) is 5.92 Å². The van der Waals surface area contributed by atoms with Crippen LogP contribution in [0.1, 0.15) is 18.9 Å². The average molecular weight is 347 g/mol. The summed E-state index contributed by atoms with van der Waals surface area (Å²) in [6.07, 6.45) is 1.22. The predicted octanol–water partition coefficient (Wildman–Crippen LogP) is 1.15. The summed E-state index contributed by atoms with van der Waals surface area (Å²) >= 11 is 0. The highest BCUT2D eigenvalue weighted by atomic mass is 16.5. The molecule has 1 atom stereocenters. The fourth-order valence-electron chi connectivity index (χ4n) is 3.08. The lowest BCUT2D eigenvalue weighted by Crippen LogP contribution is -2.52. The summed E-state index contributed by atoms with van der Waals surface area (Å²) in [4.78, 5) is 28.4. The molecule has 0 bridgehead atoms. The van der Waals surface area contributed by atoms with Gasteiger partial charge < -0.3 is 19.9 Å². The van der Waals surface area contributed by atoms with Gasteiger partial charge in [0, 0.05) is 45.1 Å². The van der Waals surface area contributed by atoms with Crippen molar-refractivity contribution in [3.8, 4) is 5.75 Å².